The van der Waals surface area contributed by atoms with E-state index in [-0.39, 0.29) is 18.1 Å². The first-order valence-corrected chi connectivity index (χ1v) is 10.5. The van der Waals surface area contributed by atoms with Crippen LogP contribution in [0.1, 0.15) is 18.1 Å². The first kappa shape index (κ1) is 21.9. The van der Waals surface area contributed by atoms with Crippen LogP contribution in [0, 0.1) is 0 Å². The fourth-order valence-electron chi connectivity index (χ4n) is 3.21. The van der Waals surface area contributed by atoms with Crippen LogP contribution < -0.4 is 15.8 Å². The second-order valence-corrected chi connectivity index (χ2v) is 8.09. The van der Waals surface area contributed by atoms with Crippen molar-refractivity contribution in [2.45, 2.75) is 19.9 Å². The molecule has 30 heavy (non-hydrogen) atoms. The predicted octanol–water partition coefficient (Wildman–Crippen LogP) is 2.92. The molecule has 0 radical (unpaired) electrons. The van der Waals surface area contributed by atoms with Crippen molar-refractivity contribution in [2.75, 3.05) is 32.5 Å². The van der Waals surface area contributed by atoms with Crippen LogP contribution in [0.4, 0.5) is 10.5 Å². The molecule has 3 N–H and O–H groups in total. The summed E-state index contributed by atoms with van der Waals surface area (Å²) in [5.74, 6) is 0. The van der Waals surface area contributed by atoms with Gasteiger partial charge in [-0.2, -0.15) is 0 Å². The van der Waals surface area contributed by atoms with Crippen molar-refractivity contribution in [1.82, 2.24) is 9.88 Å². The lowest BCUT2D eigenvalue weighted by Gasteiger charge is -2.24. The van der Waals surface area contributed by atoms with Crippen LogP contribution in [0.2, 0.25) is 5.02 Å². The van der Waals surface area contributed by atoms with Crippen molar-refractivity contribution in [2.24, 2.45) is 0 Å². The lowest BCUT2D eigenvalue weighted by atomic mass is 10.1. The Morgan fingerprint density at radius 2 is 1.93 bits per heavy atom. The number of anilines is 1. The summed E-state index contributed by atoms with van der Waals surface area (Å²) in [6, 6.07) is 14.7. The van der Waals surface area contributed by atoms with Crippen LogP contribution in [0.3, 0.4) is 0 Å². The lowest BCUT2D eigenvalue weighted by Crippen LogP contribution is -3.06. The summed E-state index contributed by atoms with van der Waals surface area (Å²) in [4.78, 5) is 31.4. The number of aryl methyl sites for hydroxylation is 1. The van der Waals surface area contributed by atoms with Crippen LogP contribution in [-0.2, 0) is 13.0 Å². The van der Waals surface area contributed by atoms with E-state index in [2.05, 4.69) is 23.3 Å². The number of nitrogens with one attached hydrogen (secondary N) is 3. The molecule has 1 aromatic heterocycles. The van der Waals surface area contributed by atoms with Gasteiger partial charge in [0.25, 0.3) is 5.56 Å². The van der Waals surface area contributed by atoms with E-state index < -0.39 is 0 Å². The standard InChI is InChI=1S/C23H27ClN4O2/c1-4-16-9-10-20-17(13-16)14-18(22(29)25-20)15-28(12-11-27(2)3)23(30)26-21-8-6-5-7-19(21)24/h5-10,13-14H,4,11-12,15H2,1-3H3,(H,25,29)(H,26,30)/p+1. The van der Waals surface area contributed by atoms with Gasteiger partial charge in [0.05, 0.1) is 44.4 Å². The number of H-pyrrole nitrogens is 1. The highest BCUT2D eigenvalue weighted by Crippen LogP contribution is 2.21. The molecule has 0 aliphatic rings. The van der Waals surface area contributed by atoms with Gasteiger partial charge >= 0.3 is 6.03 Å². The van der Waals surface area contributed by atoms with Crippen LogP contribution >= 0.6 is 11.6 Å². The maximum Gasteiger partial charge on any atom is 0.322 e. The van der Waals surface area contributed by atoms with Crippen molar-refractivity contribution in [3.05, 3.63) is 75.0 Å². The van der Waals surface area contributed by atoms with E-state index in [1.165, 1.54) is 10.5 Å². The molecule has 6 nitrogen and oxygen atoms in total. The second-order valence-electron chi connectivity index (χ2n) is 7.69. The summed E-state index contributed by atoms with van der Waals surface area (Å²) in [6.07, 6.45) is 0.919. The number of aromatic nitrogens is 1. The van der Waals surface area contributed by atoms with Gasteiger partial charge in [-0.15, -0.1) is 0 Å². The molecule has 158 valence electrons. The molecular formula is C23H28ClN4O2+. The second kappa shape index (κ2) is 9.78. The number of hydrogen-bond donors (Lipinski definition) is 3. The number of halogens is 1. The summed E-state index contributed by atoms with van der Waals surface area (Å²) in [7, 11) is 4.05. The van der Waals surface area contributed by atoms with E-state index in [1.807, 2.05) is 44.4 Å². The average molecular weight is 428 g/mol. The Balaban J connectivity index is 1.88. The van der Waals surface area contributed by atoms with Gasteiger partial charge in [-0.1, -0.05) is 36.7 Å². The number of carbonyl (C=O) groups is 1. The third kappa shape index (κ3) is 5.40. The van der Waals surface area contributed by atoms with Gasteiger partial charge in [-0.05, 0) is 47.7 Å². The molecule has 7 heteroatoms. The number of para-hydroxylation sites is 1. The third-order valence-corrected chi connectivity index (χ3v) is 5.37. The minimum absolute atomic E-state index is 0.181. The van der Waals surface area contributed by atoms with Gasteiger partial charge in [0, 0.05) is 11.1 Å². The first-order chi connectivity index (χ1) is 14.4. The molecular weight excluding hydrogens is 400 g/mol. The SMILES string of the molecule is CCc1ccc2[nH]c(=O)c(CN(CC[NH+](C)C)C(=O)Nc3ccccc3Cl)cc2c1. The number of urea groups is 1. The third-order valence-electron chi connectivity index (χ3n) is 5.04. The van der Waals surface area contributed by atoms with E-state index >= 15 is 0 Å². The molecule has 0 aliphatic carbocycles. The number of likely N-dealkylation sites (N-methyl/N-ethyl adjacent to an activating group) is 1. The Hall–Kier alpha value is -2.83. The zero-order valence-corrected chi connectivity index (χ0v) is 18.3. The van der Waals surface area contributed by atoms with E-state index in [0.717, 1.165) is 23.9 Å². The van der Waals surface area contributed by atoms with Gasteiger partial charge in [-0.3, -0.25) is 4.79 Å². The van der Waals surface area contributed by atoms with Crippen molar-refractivity contribution in [1.29, 1.82) is 0 Å². The number of fused-ring (bicyclic) bond motifs is 1. The Morgan fingerprint density at radius 3 is 2.63 bits per heavy atom. The molecule has 2 amide bonds. The van der Waals surface area contributed by atoms with Gasteiger partial charge in [0.2, 0.25) is 0 Å². The van der Waals surface area contributed by atoms with Crippen molar-refractivity contribution in [3.8, 4) is 0 Å². The fraction of sp³-hybridized carbons (Fsp3) is 0.304. The number of rotatable bonds is 7. The van der Waals surface area contributed by atoms with Gasteiger partial charge in [0.15, 0.2) is 0 Å². The summed E-state index contributed by atoms with van der Waals surface area (Å²) in [5.41, 5.74) is 2.92. The number of carbonyl (C=O) groups excluding carboxylic acids is 1. The molecule has 0 unspecified atom stereocenters. The lowest BCUT2D eigenvalue weighted by molar-refractivity contribution is -0.857. The molecule has 1 heterocycles. The highest BCUT2D eigenvalue weighted by Gasteiger charge is 2.18. The number of nitrogens with zero attached hydrogens (tertiary/aromatic N) is 1. The molecule has 3 aromatic rings. The minimum Gasteiger partial charge on any atom is -0.338 e. The predicted molar refractivity (Wildman–Crippen MR) is 123 cm³/mol. The molecule has 0 fully saturated rings. The molecule has 3 rings (SSSR count). The van der Waals surface area contributed by atoms with E-state index in [1.54, 1.807) is 17.0 Å². The van der Waals surface area contributed by atoms with Gasteiger partial charge < -0.3 is 20.1 Å². The summed E-state index contributed by atoms with van der Waals surface area (Å²) in [5, 5.41) is 4.30. The maximum absolute atomic E-state index is 13.0. The highest BCUT2D eigenvalue weighted by atomic mass is 35.5. The Morgan fingerprint density at radius 1 is 1.17 bits per heavy atom. The molecule has 0 spiro atoms. The molecule has 0 aliphatic heterocycles. The van der Waals surface area contributed by atoms with Crippen molar-refractivity contribution in [3.63, 3.8) is 0 Å². The topological polar surface area (TPSA) is 69.6 Å². The number of benzene rings is 2. The van der Waals surface area contributed by atoms with E-state index in [0.29, 0.717) is 22.8 Å². The molecule has 0 bridgehead atoms. The first-order valence-electron chi connectivity index (χ1n) is 10.1. The number of quaternary nitrogens is 1. The molecule has 0 saturated carbocycles. The Kier molecular flexibility index (Phi) is 7.13. The quantitative estimate of drug-likeness (QED) is 0.542. The minimum atomic E-state index is -0.286. The van der Waals surface area contributed by atoms with E-state index in [4.69, 9.17) is 11.6 Å². The maximum atomic E-state index is 13.0. The van der Waals surface area contributed by atoms with Crippen LogP contribution in [0.15, 0.2) is 53.3 Å². The largest absolute Gasteiger partial charge is 0.338 e. The number of amides is 2. The molecule has 0 atom stereocenters. The molecule has 0 saturated heterocycles. The number of hydrogen-bond acceptors (Lipinski definition) is 2. The Bertz CT molecular complexity index is 1090. The van der Waals surface area contributed by atoms with Crippen LogP contribution in [-0.4, -0.2) is 43.1 Å². The zero-order valence-electron chi connectivity index (χ0n) is 17.6. The molecule has 2 aromatic carbocycles. The van der Waals surface area contributed by atoms with Crippen molar-refractivity contribution >= 4 is 34.2 Å². The summed E-state index contributed by atoms with van der Waals surface area (Å²) in [6.45, 7) is 3.57. The summed E-state index contributed by atoms with van der Waals surface area (Å²) < 4.78 is 0. The monoisotopic (exact) mass is 427 g/mol. The van der Waals surface area contributed by atoms with Crippen LogP contribution in [0.5, 0.6) is 0 Å². The van der Waals surface area contributed by atoms with Crippen LogP contribution in [0.25, 0.3) is 10.9 Å². The zero-order chi connectivity index (χ0) is 21.7. The van der Waals surface area contributed by atoms with Gasteiger partial charge in [-0.25, -0.2) is 4.79 Å². The highest BCUT2D eigenvalue weighted by molar-refractivity contribution is 6.33. The Labute approximate surface area is 181 Å². The number of aromatic amines is 1. The smallest absolute Gasteiger partial charge is 0.322 e. The van der Waals surface area contributed by atoms with Gasteiger partial charge in [0.1, 0.15) is 0 Å². The number of pyridine rings is 1. The van der Waals surface area contributed by atoms with E-state index in [9.17, 15) is 9.59 Å². The average Bonchev–Trinajstić information content (AvgIpc) is 2.72. The van der Waals surface area contributed by atoms with Crippen molar-refractivity contribution < 1.29 is 9.69 Å². The fourth-order valence-corrected chi connectivity index (χ4v) is 3.40. The summed E-state index contributed by atoms with van der Waals surface area (Å²) >= 11 is 6.19. The normalized spacial score (nSPS) is 11.1.